The Hall–Kier alpha value is -3.29. The van der Waals surface area contributed by atoms with Crippen molar-refractivity contribution in [3.05, 3.63) is 10.4 Å². The molecule has 1 rings (SSSR count). The molecule has 1 heterocycles. The summed E-state index contributed by atoms with van der Waals surface area (Å²) in [4.78, 5) is 26.2. The number of nitrogens with one attached hydrogen (secondary N) is 2. The number of anilines is 3. The van der Waals surface area contributed by atoms with Gasteiger partial charge in [-0.2, -0.15) is 10.2 Å². The molecule has 0 fully saturated rings. The highest BCUT2D eigenvalue weighted by molar-refractivity contribution is 5.77. The molecule has 20 heavy (non-hydrogen) atoms. The van der Waals surface area contributed by atoms with Gasteiger partial charge in [0.1, 0.15) is 11.5 Å². The Labute approximate surface area is 114 Å². The molecular weight excluding hydrogens is 266 g/mol. The highest BCUT2D eigenvalue weighted by Crippen LogP contribution is 2.02. The fourth-order valence-electron chi connectivity index (χ4n) is 0.629. The van der Waals surface area contributed by atoms with Gasteiger partial charge in [0.15, 0.2) is 11.8 Å². The van der Waals surface area contributed by atoms with Crippen molar-refractivity contribution < 1.29 is 4.79 Å². The van der Waals surface area contributed by atoms with Crippen molar-refractivity contribution >= 4 is 29.2 Å². The van der Waals surface area contributed by atoms with Crippen LogP contribution in [-0.4, -0.2) is 21.7 Å². The van der Waals surface area contributed by atoms with E-state index in [0.29, 0.717) is 0 Å². The summed E-state index contributed by atoms with van der Waals surface area (Å²) in [6, 6.07) is 1.72. The zero-order chi connectivity index (χ0) is 16.3. The van der Waals surface area contributed by atoms with Crippen LogP contribution in [0.1, 0.15) is 13.3 Å². The number of H-pyrrole nitrogens is 1. The number of nitrogens with two attached hydrogens (primary N) is 5. The van der Waals surface area contributed by atoms with Crippen molar-refractivity contribution in [3.8, 4) is 6.07 Å². The third kappa shape index (κ3) is 11.2. The molecule has 0 aliphatic carbocycles. The van der Waals surface area contributed by atoms with Crippen LogP contribution in [0.25, 0.3) is 0 Å². The SMILES string of the molecule is CC(=O)CC#N.N=C(N)N.Nc1nc(N)c(N)c(=O)[nH]1. The van der Waals surface area contributed by atoms with Crippen LogP contribution in [0.2, 0.25) is 0 Å². The monoisotopic (exact) mass is 283 g/mol. The number of guanidine groups is 1. The van der Waals surface area contributed by atoms with E-state index in [0.717, 1.165) is 0 Å². The Morgan fingerprint density at radius 2 is 1.85 bits per heavy atom. The Balaban J connectivity index is 0. The van der Waals surface area contributed by atoms with E-state index in [-0.39, 0.29) is 35.6 Å². The van der Waals surface area contributed by atoms with E-state index in [4.69, 9.17) is 27.9 Å². The number of rotatable bonds is 1. The summed E-state index contributed by atoms with van der Waals surface area (Å²) in [5, 5.41) is 13.8. The number of carbonyl (C=O) groups is 1. The zero-order valence-corrected chi connectivity index (χ0v) is 10.8. The van der Waals surface area contributed by atoms with Crippen LogP contribution >= 0.6 is 0 Å². The molecule has 1 aromatic rings. The third-order valence-corrected chi connectivity index (χ3v) is 1.33. The zero-order valence-electron chi connectivity index (χ0n) is 10.8. The van der Waals surface area contributed by atoms with Gasteiger partial charge in [-0.1, -0.05) is 0 Å². The first-order valence-corrected chi connectivity index (χ1v) is 4.98. The molecule has 1 aromatic heterocycles. The summed E-state index contributed by atoms with van der Waals surface area (Å²) in [5.41, 5.74) is 23.8. The first-order valence-electron chi connectivity index (χ1n) is 4.98. The fourth-order valence-corrected chi connectivity index (χ4v) is 0.629. The lowest BCUT2D eigenvalue weighted by Gasteiger charge is -1.96. The number of ketones is 1. The van der Waals surface area contributed by atoms with Gasteiger partial charge in [-0.05, 0) is 6.92 Å². The maximum atomic E-state index is 10.7. The number of hydrogen-bond acceptors (Lipinski definition) is 8. The van der Waals surface area contributed by atoms with E-state index in [1.807, 2.05) is 0 Å². The van der Waals surface area contributed by atoms with E-state index in [1.54, 1.807) is 6.07 Å². The van der Waals surface area contributed by atoms with Crippen LogP contribution in [0.4, 0.5) is 17.5 Å². The lowest BCUT2D eigenvalue weighted by Crippen LogP contribution is -2.20. The van der Waals surface area contributed by atoms with E-state index in [1.165, 1.54) is 6.92 Å². The van der Waals surface area contributed by atoms with E-state index >= 15 is 0 Å². The molecule has 0 amide bonds. The molecule has 11 nitrogen and oxygen atoms in total. The lowest BCUT2D eigenvalue weighted by molar-refractivity contribution is -0.116. The smallest absolute Gasteiger partial charge is 0.277 e. The highest BCUT2D eigenvalue weighted by atomic mass is 16.1. The number of nitrogen functional groups attached to an aromatic ring is 3. The molecule has 0 aromatic carbocycles. The number of hydrogen-bond donors (Lipinski definition) is 7. The molecule has 0 bridgehead atoms. The number of nitriles is 1. The number of aromatic amines is 1. The molecule has 0 aliphatic heterocycles. The molecule has 0 radical (unpaired) electrons. The standard InChI is InChI=1S/C4H7N5O.C4H5NO.CH5N3/c5-1-2(6)8-4(7)9-3(1)10;1-4(6)2-3-5;2-1(3)4/h5H2,(H5,6,7,8,9,10);2H2,1H3;(H5,2,3,4). The molecule has 0 aliphatic rings. The summed E-state index contributed by atoms with van der Waals surface area (Å²) in [6.07, 6.45) is 0.0417. The Kier molecular flexibility index (Phi) is 9.25. The van der Waals surface area contributed by atoms with Gasteiger partial charge in [-0.3, -0.25) is 20.0 Å². The second-order valence-corrected chi connectivity index (χ2v) is 3.24. The summed E-state index contributed by atoms with van der Waals surface area (Å²) in [5.74, 6) is -0.476. The molecule has 0 atom stereocenters. The first-order chi connectivity index (χ1) is 9.11. The van der Waals surface area contributed by atoms with Crippen LogP contribution in [0, 0.1) is 16.7 Å². The maximum Gasteiger partial charge on any atom is 0.277 e. The Bertz CT molecular complexity index is 554. The van der Waals surface area contributed by atoms with Gasteiger partial charge in [0.2, 0.25) is 5.95 Å². The summed E-state index contributed by atoms with van der Waals surface area (Å²) >= 11 is 0. The van der Waals surface area contributed by atoms with Crippen molar-refractivity contribution in [1.82, 2.24) is 9.97 Å². The molecule has 11 heteroatoms. The van der Waals surface area contributed by atoms with Crippen LogP contribution in [0.5, 0.6) is 0 Å². The number of aromatic nitrogens is 2. The summed E-state index contributed by atoms with van der Waals surface area (Å²) in [7, 11) is 0. The molecule has 0 spiro atoms. The molecular formula is C9H17N9O2. The van der Waals surface area contributed by atoms with Gasteiger partial charge in [-0.25, -0.2) is 0 Å². The predicted octanol–water partition coefficient (Wildman–Crippen LogP) is -2.16. The molecule has 12 N–H and O–H groups in total. The molecule has 0 saturated carbocycles. The second kappa shape index (κ2) is 9.71. The normalized spacial score (nSPS) is 8.00. The number of carbonyl (C=O) groups excluding carboxylic acids is 1. The summed E-state index contributed by atoms with van der Waals surface area (Å²) < 4.78 is 0. The minimum absolute atomic E-state index is 0.0308. The number of nitrogens with zero attached hydrogens (tertiary/aromatic N) is 2. The first kappa shape index (κ1) is 19.1. The predicted molar refractivity (Wildman–Crippen MR) is 75.1 cm³/mol. The topological polar surface area (TPSA) is 241 Å². The third-order valence-electron chi connectivity index (χ3n) is 1.33. The highest BCUT2D eigenvalue weighted by Gasteiger charge is 2.00. The van der Waals surface area contributed by atoms with E-state index in [9.17, 15) is 9.59 Å². The van der Waals surface area contributed by atoms with Crippen molar-refractivity contribution in [1.29, 1.82) is 10.7 Å². The van der Waals surface area contributed by atoms with Crippen LogP contribution in [0.15, 0.2) is 4.79 Å². The lowest BCUT2D eigenvalue weighted by atomic mass is 10.3. The quantitative estimate of drug-likeness (QED) is 0.219. The average Bonchev–Trinajstić information content (AvgIpc) is 2.25. The van der Waals surface area contributed by atoms with Crippen molar-refractivity contribution in [3.63, 3.8) is 0 Å². The van der Waals surface area contributed by atoms with Crippen molar-refractivity contribution in [2.45, 2.75) is 13.3 Å². The largest absolute Gasteiger partial charge is 0.391 e. The van der Waals surface area contributed by atoms with Crippen LogP contribution < -0.4 is 34.2 Å². The maximum absolute atomic E-state index is 10.7. The van der Waals surface area contributed by atoms with E-state index < -0.39 is 5.56 Å². The Morgan fingerprint density at radius 1 is 1.40 bits per heavy atom. The number of Topliss-reactive ketones (excluding diaryl/α,β-unsaturated/α-hetero) is 1. The van der Waals surface area contributed by atoms with Gasteiger partial charge in [0.05, 0.1) is 12.5 Å². The van der Waals surface area contributed by atoms with Crippen LogP contribution in [-0.2, 0) is 4.79 Å². The Morgan fingerprint density at radius 3 is 2.10 bits per heavy atom. The van der Waals surface area contributed by atoms with Gasteiger partial charge in [-0.15, -0.1) is 0 Å². The van der Waals surface area contributed by atoms with Gasteiger partial charge < -0.3 is 28.7 Å². The second-order valence-electron chi connectivity index (χ2n) is 3.24. The van der Waals surface area contributed by atoms with Crippen molar-refractivity contribution in [2.75, 3.05) is 17.2 Å². The summed E-state index contributed by atoms with van der Waals surface area (Å²) in [6.45, 7) is 1.39. The average molecular weight is 283 g/mol. The van der Waals surface area contributed by atoms with Gasteiger partial charge in [0.25, 0.3) is 5.56 Å². The minimum Gasteiger partial charge on any atom is -0.391 e. The van der Waals surface area contributed by atoms with Gasteiger partial charge in [0, 0.05) is 0 Å². The molecule has 0 unspecified atom stereocenters. The van der Waals surface area contributed by atoms with Crippen molar-refractivity contribution in [2.24, 2.45) is 11.5 Å². The van der Waals surface area contributed by atoms with Gasteiger partial charge >= 0.3 is 0 Å². The molecule has 0 saturated heterocycles. The minimum atomic E-state index is -0.509. The van der Waals surface area contributed by atoms with E-state index in [2.05, 4.69) is 21.4 Å². The fraction of sp³-hybridized carbons (Fsp3) is 0.222. The van der Waals surface area contributed by atoms with Crippen LogP contribution in [0.3, 0.4) is 0 Å². The molecule has 110 valence electrons.